The van der Waals surface area contributed by atoms with E-state index in [0.29, 0.717) is 0 Å². The number of rotatable bonds is 5. The van der Waals surface area contributed by atoms with E-state index >= 15 is 0 Å². The molecule has 1 aliphatic rings. The van der Waals surface area contributed by atoms with E-state index in [1.54, 1.807) is 7.11 Å². The van der Waals surface area contributed by atoms with Crippen molar-refractivity contribution in [3.63, 3.8) is 0 Å². The lowest BCUT2D eigenvalue weighted by atomic mass is 9.97. The third-order valence-corrected chi connectivity index (χ3v) is 3.89. The first-order valence-corrected chi connectivity index (χ1v) is 7.40. The predicted octanol–water partition coefficient (Wildman–Crippen LogP) is 3.10. The van der Waals surface area contributed by atoms with Crippen LogP contribution in [0.5, 0.6) is 5.75 Å². The zero-order chi connectivity index (χ0) is 14.5. The zero-order valence-electron chi connectivity index (χ0n) is 12.3. The molecule has 3 heteroatoms. The summed E-state index contributed by atoms with van der Waals surface area (Å²) in [6, 6.07) is 16.7. The first-order valence-electron chi connectivity index (χ1n) is 7.40. The van der Waals surface area contributed by atoms with Crippen LogP contribution in [0.4, 0.5) is 0 Å². The maximum absolute atomic E-state index is 5.90. The highest BCUT2D eigenvalue weighted by atomic mass is 16.5. The van der Waals surface area contributed by atoms with E-state index in [1.807, 2.05) is 12.1 Å². The number of methoxy groups -OCH3 is 1. The van der Waals surface area contributed by atoms with E-state index in [0.717, 1.165) is 31.9 Å². The predicted molar refractivity (Wildman–Crippen MR) is 83.5 cm³/mol. The molecule has 2 aromatic carbocycles. The molecule has 1 unspecified atom stereocenters. The molecule has 1 N–H and O–H groups in total. The molecule has 0 aromatic heterocycles. The monoisotopic (exact) mass is 283 g/mol. The van der Waals surface area contributed by atoms with Crippen molar-refractivity contribution in [1.82, 2.24) is 5.32 Å². The Hall–Kier alpha value is -1.84. The molecule has 0 amide bonds. The summed E-state index contributed by atoms with van der Waals surface area (Å²) in [5.74, 6) is 0.897. The van der Waals surface area contributed by atoms with E-state index < -0.39 is 0 Å². The largest absolute Gasteiger partial charge is 0.497 e. The maximum atomic E-state index is 5.90. The Labute approximate surface area is 125 Å². The van der Waals surface area contributed by atoms with E-state index in [2.05, 4.69) is 41.7 Å². The van der Waals surface area contributed by atoms with Crippen LogP contribution in [0.15, 0.2) is 48.5 Å². The molecule has 110 valence electrons. The highest BCUT2D eigenvalue weighted by Gasteiger charge is 2.19. The summed E-state index contributed by atoms with van der Waals surface area (Å²) in [5.41, 5.74) is 3.96. The minimum atomic E-state index is 0.153. The summed E-state index contributed by atoms with van der Waals surface area (Å²) >= 11 is 0. The van der Waals surface area contributed by atoms with Gasteiger partial charge in [-0.05, 0) is 35.2 Å². The molecule has 3 nitrogen and oxygen atoms in total. The number of fused-ring (bicyclic) bond motifs is 1. The molecular formula is C18H21NO2. The molecule has 3 rings (SSSR count). The van der Waals surface area contributed by atoms with E-state index in [9.17, 15) is 0 Å². The Morgan fingerprint density at radius 1 is 1.19 bits per heavy atom. The third-order valence-electron chi connectivity index (χ3n) is 3.89. The van der Waals surface area contributed by atoms with Gasteiger partial charge in [-0.1, -0.05) is 36.4 Å². The standard InChI is InChI=1S/C18H21NO2/c1-20-16-7-4-5-14(11-16)12-19-13-18-17-8-3-2-6-15(17)9-10-21-18/h2-8,11,18-19H,9-10,12-13H2,1H3. The van der Waals surface area contributed by atoms with Gasteiger partial charge in [-0.3, -0.25) is 0 Å². The van der Waals surface area contributed by atoms with E-state index in [-0.39, 0.29) is 6.10 Å². The highest BCUT2D eigenvalue weighted by Crippen LogP contribution is 2.26. The van der Waals surface area contributed by atoms with Gasteiger partial charge in [0.25, 0.3) is 0 Å². The Balaban J connectivity index is 1.59. The number of hydrogen-bond acceptors (Lipinski definition) is 3. The van der Waals surface area contributed by atoms with Crippen molar-refractivity contribution >= 4 is 0 Å². The van der Waals surface area contributed by atoms with Gasteiger partial charge in [0.1, 0.15) is 5.75 Å². The average Bonchev–Trinajstić information content (AvgIpc) is 2.55. The van der Waals surface area contributed by atoms with Gasteiger partial charge in [0.05, 0.1) is 19.8 Å². The summed E-state index contributed by atoms with van der Waals surface area (Å²) in [4.78, 5) is 0. The molecule has 0 radical (unpaired) electrons. The molecule has 0 spiro atoms. The topological polar surface area (TPSA) is 30.5 Å². The minimum absolute atomic E-state index is 0.153. The fourth-order valence-corrected chi connectivity index (χ4v) is 2.78. The van der Waals surface area contributed by atoms with Crippen LogP contribution >= 0.6 is 0 Å². The van der Waals surface area contributed by atoms with Crippen LogP contribution < -0.4 is 10.1 Å². The van der Waals surface area contributed by atoms with Gasteiger partial charge in [0.2, 0.25) is 0 Å². The molecule has 1 atom stereocenters. The lowest BCUT2D eigenvalue weighted by Gasteiger charge is -2.26. The van der Waals surface area contributed by atoms with Crippen LogP contribution in [-0.4, -0.2) is 20.3 Å². The SMILES string of the molecule is COc1cccc(CNCC2OCCc3ccccc32)c1. The first kappa shape index (κ1) is 14.1. The second kappa shape index (κ2) is 6.74. The lowest BCUT2D eigenvalue weighted by molar-refractivity contribution is 0.0423. The number of ether oxygens (including phenoxy) is 2. The van der Waals surface area contributed by atoms with Crippen molar-refractivity contribution in [2.24, 2.45) is 0 Å². The molecule has 1 heterocycles. The van der Waals surface area contributed by atoms with Gasteiger partial charge in [0.15, 0.2) is 0 Å². The van der Waals surface area contributed by atoms with E-state index in [4.69, 9.17) is 9.47 Å². The van der Waals surface area contributed by atoms with E-state index in [1.165, 1.54) is 16.7 Å². The first-order chi connectivity index (χ1) is 10.4. The Morgan fingerprint density at radius 3 is 3.00 bits per heavy atom. The van der Waals surface area contributed by atoms with Gasteiger partial charge >= 0.3 is 0 Å². The summed E-state index contributed by atoms with van der Waals surface area (Å²) in [5, 5.41) is 3.48. The average molecular weight is 283 g/mol. The van der Waals surface area contributed by atoms with Gasteiger partial charge < -0.3 is 14.8 Å². The normalized spacial score (nSPS) is 17.3. The summed E-state index contributed by atoms with van der Waals surface area (Å²) in [6.45, 7) is 2.45. The molecule has 2 aromatic rings. The summed E-state index contributed by atoms with van der Waals surface area (Å²) in [6.07, 6.45) is 1.17. The number of nitrogens with one attached hydrogen (secondary N) is 1. The van der Waals surface area contributed by atoms with Crippen LogP contribution in [0.2, 0.25) is 0 Å². The Kier molecular flexibility index (Phi) is 4.53. The zero-order valence-corrected chi connectivity index (χ0v) is 12.3. The van der Waals surface area contributed by atoms with Crippen LogP contribution in [-0.2, 0) is 17.7 Å². The van der Waals surface area contributed by atoms with Crippen molar-refractivity contribution in [2.75, 3.05) is 20.3 Å². The fourth-order valence-electron chi connectivity index (χ4n) is 2.78. The second-order valence-electron chi connectivity index (χ2n) is 5.29. The number of hydrogen-bond donors (Lipinski definition) is 1. The van der Waals surface area contributed by atoms with Crippen LogP contribution in [0.1, 0.15) is 22.8 Å². The van der Waals surface area contributed by atoms with Gasteiger partial charge in [-0.15, -0.1) is 0 Å². The molecule has 0 fully saturated rings. The Bertz CT molecular complexity index is 597. The van der Waals surface area contributed by atoms with Crippen molar-refractivity contribution in [3.8, 4) is 5.75 Å². The highest BCUT2D eigenvalue weighted by molar-refractivity contribution is 5.31. The summed E-state index contributed by atoms with van der Waals surface area (Å²) in [7, 11) is 1.69. The fraction of sp³-hybridized carbons (Fsp3) is 0.333. The molecule has 1 aliphatic heterocycles. The minimum Gasteiger partial charge on any atom is -0.497 e. The van der Waals surface area contributed by atoms with Gasteiger partial charge in [-0.2, -0.15) is 0 Å². The van der Waals surface area contributed by atoms with Crippen LogP contribution in [0.3, 0.4) is 0 Å². The molecule has 0 saturated carbocycles. The van der Waals surface area contributed by atoms with Crippen LogP contribution in [0, 0.1) is 0 Å². The second-order valence-corrected chi connectivity index (χ2v) is 5.29. The molecule has 21 heavy (non-hydrogen) atoms. The molecule has 0 bridgehead atoms. The quantitative estimate of drug-likeness (QED) is 0.914. The smallest absolute Gasteiger partial charge is 0.119 e. The van der Waals surface area contributed by atoms with Gasteiger partial charge in [-0.25, -0.2) is 0 Å². The van der Waals surface area contributed by atoms with Crippen molar-refractivity contribution in [3.05, 3.63) is 65.2 Å². The van der Waals surface area contributed by atoms with Crippen molar-refractivity contribution < 1.29 is 9.47 Å². The lowest BCUT2D eigenvalue weighted by Crippen LogP contribution is -2.27. The summed E-state index contributed by atoms with van der Waals surface area (Å²) < 4.78 is 11.1. The number of benzene rings is 2. The van der Waals surface area contributed by atoms with Crippen molar-refractivity contribution in [2.45, 2.75) is 19.1 Å². The van der Waals surface area contributed by atoms with Gasteiger partial charge in [0, 0.05) is 13.1 Å². The molecule has 0 aliphatic carbocycles. The molecular weight excluding hydrogens is 262 g/mol. The molecule has 0 saturated heterocycles. The van der Waals surface area contributed by atoms with Crippen molar-refractivity contribution in [1.29, 1.82) is 0 Å². The third kappa shape index (κ3) is 3.43. The van der Waals surface area contributed by atoms with Crippen LogP contribution in [0.25, 0.3) is 0 Å². The Morgan fingerprint density at radius 2 is 2.10 bits per heavy atom. The maximum Gasteiger partial charge on any atom is 0.119 e.